The molecule has 0 saturated carbocycles. The van der Waals surface area contributed by atoms with Gasteiger partial charge in [0.25, 0.3) is 0 Å². The van der Waals surface area contributed by atoms with Crippen LogP contribution in [0.25, 0.3) is 0 Å². The Bertz CT molecular complexity index is 229. The summed E-state index contributed by atoms with van der Waals surface area (Å²) in [5.41, 5.74) is 0.973. The first-order valence-corrected chi connectivity index (χ1v) is 9.58. The largest absolute Gasteiger partial charge is 0.147 e. The number of hydrogen-bond donors (Lipinski definition) is 0. The molecule has 0 radical (unpaired) electrons. The van der Waals surface area contributed by atoms with Crippen molar-refractivity contribution in [3.63, 3.8) is 0 Å². The molecule has 0 aliphatic rings. The minimum Gasteiger partial charge on any atom is -0.147 e. The molecule has 0 unspecified atom stereocenters. The van der Waals surface area contributed by atoms with Gasteiger partial charge < -0.3 is 0 Å². The Kier molecular flexibility index (Phi) is 11.0. The second-order valence-corrected chi connectivity index (χ2v) is 14.6. The van der Waals surface area contributed by atoms with Gasteiger partial charge in [0.15, 0.2) is 0 Å². The average molecular weight is 391 g/mol. The Balaban J connectivity index is -0.00000128. The van der Waals surface area contributed by atoms with Crippen molar-refractivity contribution in [3.8, 4) is 0 Å². The van der Waals surface area contributed by atoms with Crippen molar-refractivity contribution in [3.05, 3.63) is 0 Å². The van der Waals surface area contributed by atoms with Crippen LogP contribution in [0, 0.1) is 10.8 Å². The topological polar surface area (TPSA) is 0 Å². The van der Waals surface area contributed by atoms with E-state index in [1.165, 1.54) is 12.8 Å². The van der Waals surface area contributed by atoms with Gasteiger partial charge in [0.05, 0.1) is 0 Å². The molecule has 0 nitrogen and oxygen atoms in total. The van der Waals surface area contributed by atoms with E-state index in [1.807, 2.05) is 0 Å². The normalized spacial score (nSPS) is 13.4. The zero-order chi connectivity index (χ0) is 14.1. The van der Waals surface area contributed by atoms with Gasteiger partial charge in [-0.1, -0.05) is 0 Å². The maximum atomic E-state index is 2.52. The van der Waals surface area contributed by atoms with E-state index in [4.69, 9.17) is 0 Å². The van der Waals surface area contributed by atoms with Crippen LogP contribution < -0.4 is 0 Å². The Morgan fingerprint density at radius 2 is 0.789 bits per heavy atom. The molecule has 3 heteroatoms. The van der Waals surface area contributed by atoms with Gasteiger partial charge in [-0.25, -0.2) is 0 Å². The third kappa shape index (κ3) is 6.00. The maximum Gasteiger partial charge on any atom is -0.147 e. The van der Waals surface area contributed by atoms with Gasteiger partial charge in [0, 0.05) is 0 Å². The van der Waals surface area contributed by atoms with E-state index in [1.54, 1.807) is 0 Å². The molecule has 0 heterocycles. The molecular formula is C16H36Cl2Zr. The molecule has 0 aliphatic heterocycles. The summed E-state index contributed by atoms with van der Waals surface area (Å²) >= 11 is -0.489. The zero-order valence-corrected chi connectivity index (χ0v) is 18.8. The van der Waals surface area contributed by atoms with Crippen LogP contribution in [0.3, 0.4) is 0 Å². The minimum absolute atomic E-state index is 0. The van der Waals surface area contributed by atoms with Crippen LogP contribution in [0.4, 0.5) is 0 Å². The van der Waals surface area contributed by atoms with Crippen molar-refractivity contribution in [1.29, 1.82) is 0 Å². The van der Waals surface area contributed by atoms with Crippen LogP contribution in [0.15, 0.2) is 0 Å². The standard InChI is InChI=1S/2C8H17.2ClH.Zr/c2*1-6-8(4,5)7(2)3;;;/h2*6H2,1-5H3;2*1H;. The van der Waals surface area contributed by atoms with Gasteiger partial charge in [-0.05, 0) is 0 Å². The minimum atomic E-state index is -0.489. The molecule has 0 fully saturated rings. The van der Waals surface area contributed by atoms with E-state index in [0.717, 1.165) is 0 Å². The first-order valence-electron chi connectivity index (χ1n) is 7.12. The van der Waals surface area contributed by atoms with Crippen molar-refractivity contribution >= 4 is 24.8 Å². The molecule has 0 saturated heterocycles. The van der Waals surface area contributed by atoms with E-state index in [2.05, 4.69) is 69.2 Å². The summed E-state index contributed by atoms with van der Waals surface area (Å²) < 4.78 is 1.11. The smallest absolute Gasteiger partial charge is 0.147 e. The molecule has 0 N–H and O–H groups in total. The van der Waals surface area contributed by atoms with Crippen molar-refractivity contribution in [2.24, 2.45) is 10.8 Å². The van der Waals surface area contributed by atoms with E-state index in [0.29, 0.717) is 17.1 Å². The molecule has 0 spiro atoms. The molecule has 0 aliphatic carbocycles. The van der Waals surface area contributed by atoms with Crippen molar-refractivity contribution in [1.82, 2.24) is 0 Å². The quantitative estimate of drug-likeness (QED) is 0.450. The second-order valence-electron chi connectivity index (χ2n) is 7.85. The number of halogens is 2. The Morgan fingerprint density at radius 3 is 0.947 bits per heavy atom. The van der Waals surface area contributed by atoms with E-state index < -0.39 is 23.2 Å². The summed E-state index contributed by atoms with van der Waals surface area (Å²) in [5.74, 6) is 0. The van der Waals surface area contributed by atoms with Crippen molar-refractivity contribution < 1.29 is 23.2 Å². The van der Waals surface area contributed by atoms with Gasteiger partial charge in [0.2, 0.25) is 0 Å². The average Bonchev–Trinajstić information content (AvgIpc) is 2.15. The third-order valence-electron chi connectivity index (χ3n) is 5.78. The molecule has 0 amide bonds. The van der Waals surface area contributed by atoms with Gasteiger partial charge in [-0.2, -0.15) is 0 Å². The number of hydrogen-bond acceptors (Lipinski definition) is 0. The molecule has 118 valence electrons. The van der Waals surface area contributed by atoms with Gasteiger partial charge >= 0.3 is 122 Å². The molecule has 0 bridgehead atoms. The predicted octanol–water partition coefficient (Wildman–Crippen LogP) is 7.18. The van der Waals surface area contributed by atoms with Gasteiger partial charge in [0.1, 0.15) is 0 Å². The fourth-order valence-corrected chi connectivity index (χ4v) is 8.38. The Morgan fingerprint density at radius 1 is 0.579 bits per heavy atom. The summed E-state index contributed by atoms with van der Waals surface area (Å²) in [7, 11) is 0. The summed E-state index contributed by atoms with van der Waals surface area (Å²) in [6.07, 6.45) is 2.59. The van der Waals surface area contributed by atoms with E-state index in [-0.39, 0.29) is 24.8 Å². The van der Waals surface area contributed by atoms with Gasteiger partial charge in [-0.3, -0.25) is 0 Å². The van der Waals surface area contributed by atoms with Crippen LogP contribution >= 0.6 is 24.8 Å². The van der Waals surface area contributed by atoms with E-state index >= 15 is 0 Å². The fourth-order valence-electron chi connectivity index (χ4n) is 2.00. The zero-order valence-electron chi connectivity index (χ0n) is 14.7. The van der Waals surface area contributed by atoms with Crippen LogP contribution in [0.5, 0.6) is 0 Å². The fraction of sp³-hybridized carbons (Fsp3) is 1.00. The van der Waals surface area contributed by atoms with Crippen LogP contribution in [0.1, 0.15) is 82.1 Å². The molecule has 0 aromatic rings. The number of rotatable bonds is 6. The summed E-state index contributed by atoms with van der Waals surface area (Å²) in [5, 5.41) is 0. The predicted molar refractivity (Wildman–Crippen MR) is 90.7 cm³/mol. The first kappa shape index (κ1) is 25.4. The van der Waals surface area contributed by atoms with Gasteiger partial charge in [-0.15, -0.1) is 24.8 Å². The van der Waals surface area contributed by atoms with Crippen molar-refractivity contribution in [2.75, 3.05) is 0 Å². The monoisotopic (exact) mass is 388 g/mol. The Hall–Kier alpha value is 1.46. The third-order valence-corrected chi connectivity index (χ3v) is 12.2. The summed E-state index contributed by atoms with van der Waals surface area (Å²) in [4.78, 5) is 0. The van der Waals surface area contributed by atoms with Crippen LogP contribution in [-0.4, -0.2) is 0 Å². The van der Waals surface area contributed by atoms with Crippen LogP contribution in [-0.2, 0) is 23.2 Å². The molecule has 0 aromatic heterocycles. The molecule has 0 atom stereocenters. The van der Waals surface area contributed by atoms with E-state index in [9.17, 15) is 0 Å². The second kappa shape index (κ2) is 8.19. The molecular weight excluding hydrogens is 354 g/mol. The summed E-state index contributed by atoms with van der Waals surface area (Å²) in [6, 6.07) is 0. The summed E-state index contributed by atoms with van der Waals surface area (Å²) in [6.45, 7) is 24.6. The van der Waals surface area contributed by atoms with Crippen molar-refractivity contribution in [2.45, 2.75) is 88.3 Å². The van der Waals surface area contributed by atoms with Crippen LogP contribution in [0.2, 0.25) is 6.25 Å². The molecule has 0 aromatic carbocycles. The Labute approximate surface area is 146 Å². The molecule has 0 rings (SSSR count). The first-order chi connectivity index (χ1) is 7.33. The molecule has 19 heavy (non-hydrogen) atoms. The SMILES string of the molecule is CCC(C)(C)[C](C)(C)[Zr][C](C)(C)C(C)(C)CC.Cl.Cl. The maximum absolute atomic E-state index is 2.52.